The monoisotopic (exact) mass is 360 g/mol. The van der Waals surface area contributed by atoms with Gasteiger partial charge in [-0.3, -0.25) is 4.79 Å². The fraction of sp³-hybridized carbons (Fsp3) is 0.350. The van der Waals surface area contributed by atoms with Crippen LogP contribution < -0.4 is 10.6 Å². The summed E-state index contributed by atoms with van der Waals surface area (Å²) in [5, 5.41) is 6.26. The van der Waals surface area contributed by atoms with Crippen LogP contribution in [0.4, 0.5) is 0 Å². The van der Waals surface area contributed by atoms with Gasteiger partial charge in [0, 0.05) is 25.6 Å². The van der Waals surface area contributed by atoms with Crippen molar-refractivity contribution in [3.05, 3.63) is 71.8 Å². The molecule has 4 nitrogen and oxygen atoms in total. The number of nitrogens with one attached hydrogen (secondary N) is 2. The summed E-state index contributed by atoms with van der Waals surface area (Å²) in [6.07, 6.45) is 0.515. The van der Waals surface area contributed by atoms with Crippen LogP contribution in [0.15, 0.2) is 60.7 Å². The Labute approximate surface area is 155 Å². The van der Waals surface area contributed by atoms with E-state index in [0.29, 0.717) is 19.7 Å². The summed E-state index contributed by atoms with van der Waals surface area (Å²) in [6.45, 7) is 2.59. The summed E-state index contributed by atoms with van der Waals surface area (Å²) in [4.78, 5) is 12.3. The standard InChI is InChI=1S/C20H24N2O2.ClH/c23-20(19-15-21-11-12-24-19)22-14-18(17-9-5-2-6-10-17)13-16-7-3-1-4-8-16;/h1-10,18-19,21H,11-15H2,(H,22,23);1H. The lowest BCUT2D eigenvalue weighted by Gasteiger charge is -2.24. The van der Waals surface area contributed by atoms with Crippen LogP contribution >= 0.6 is 12.4 Å². The number of halogens is 1. The van der Waals surface area contributed by atoms with Crippen LogP contribution in [0.25, 0.3) is 0 Å². The number of benzene rings is 2. The van der Waals surface area contributed by atoms with Gasteiger partial charge in [0.25, 0.3) is 0 Å². The summed E-state index contributed by atoms with van der Waals surface area (Å²) < 4.78 is 5.52. The molecule has 2 aromatic rings. The number of morpholine rings is 1. The van der Waals surface area contributed by atoms with Crippen molar-refractivity contribution in [2.75, 3.05) is 26.2 Å². The normalized spacial score (nSPS) is 18.0. The van der Waals surface area contributed by atoms with Crippen molar-refractivity contribution >= 4 is 18.3 Å². The van der Waals surface area contributed by atoms with E-state index in [-0.39, 0.29) is 30.3 Å². The summed E-state index contributed by atoms with van der Waals surface area (Å²) in [6, 6.07) is 20.7. The average molecular weight is 361 g/mol. The second-order valence-corrected chi connectivity index (χ2v) is 6.11. The maximum Gasteiger partial charge on any atom is 0.250 e. The molecule has 1 amide bonds. The molecule has 1 aliphatic heterocycles. The van der Waals surface area contributed by atoms with Gasteiger partial charge in [0.15, 0.2) is 0 Å². The Bertz CT molecular complexity index is 631. The molecule has 134 valence electrons. The number of rotatable bonds is 6. The van der Waals surface area contributed by atoms with E-state index in [4.69, 9.17) is 4.74 Å². The van der Waals surface area contributed by atoms with Gasteiger partial charge >= 0.3 is 0 Å². The number of hydrogen-bond acceptors (Lipinski definition) is 3. The Morgan fingerprint density at radius 3 is 2.44 bits per heavy atom. The lowest BCUT2D eigenvalue weighted by molar-refractivity contribution is -0.134. The molecule has 2 N–H and O–H groups in total. The minimum atomic E-state index is -0.383. The molecule has 0 aliphatic carbocycles. The van der Waals surface area contributed by atoms with E-state index in [1.807, 2.05) is 24.3 Å². The van der Waals surface area contributed by atoms with Crippen molar-refractivity contribution in [3.8, 4) is 0 Å². The first-order valence-corrected chi connectivity index (χ1v) is 8.52. The number of ether oxygens (including phenoxy) is 1. The van der Waals surface area contributed by atoms with Gasteiger partial charge in [-0.2, -0.15) is 0 Å². The van der Waals surface area contributed by atoms with E-state index < -0.39 is 0 Å². The lowest BCUT2D eigenvalue weighted by Crippen LogP contribution is -2.48. The molecule has 0 aromatic heterocycles. The van der Waals surface area contributed by atoms with Crippen molar-refractivity contribution in [2.45, 2.75) is 18.4 Å². The van der Waals surface area contributed by atoms with Crippen LogP contribution in [0.5, 0.6) is 0 Å². The maximum atomic E-state index is 12.3. The Kier molecular flexibility index (Phi) is 7.92. The first-order chi connectivity index (χ1) is 11.8. The minimum Gasteiger partial charge on any atom is -0.366 e. The highest BCUT2D eigenvalue weighted by atomic mass is 35.5. The molecule has 1 fully saturated rings. The van der Waals surface area contributed by atoms with Crippen LogP contribution in [-0.2, 0) is 16.0 Å². The highest BCUT2D eigenvalue weighted by molar-refractivity contribution is 5.85. The molecule has 0 spiro atoms. The first kappa shape index (κ1) is 19.4. The average Bonchev–Trinajstić information content (AvgIpc) is 2.67. The van der Waals surface area contributed by atoms with Gasteiger partial charge in [0.05, 0.1) is 6.61 Å². The molecule has 25 heavy (non-hydrogen) atoms. The van der Waals surface area contributed by atoms with Gasteiger partial charge in [0.1, 0.15) is 6.10 Å². The number of carbonyl (C=O) groups is 1. The Hall–Kier alpha value is -1.88. The Morgan fingerprint density at radius 2 is 1.80 bits per heavy atom. The van der Waals surface area contributed by atoms with Crippen LogP contribution in [0.1, 0.15) is 17.0 Å². The molecular weight excluding hydrogens is 336 g/mol. The highest BCUT2D eigenvalue weighted by Crippen LogP contribution is 2.20. The number of amides is 1. The summed E-state index contributed by atoms with van der Waals surface area (Å²) >= 11 is 0. The molecule has 2 atom stereocenters. The van der Waals surface area contributed by atoms with Gasteiger partial charge in [-0.15, -0.1) is 12.4 Å². The summed E-state index contributed by atoms with van der Waals surface area (Å²) in [5.74, 6) is 0.213. The lowest BCUT2D eigenvalue weighted by atomic mass is 9.92. The Morgan fingerprint density at radius 1 is 1.12 bits per heavy atom. The molecule has 1 heterocycles. The summed E-state index contributed by atoms with van der Waals surface area (Å²) in [5.41, 5.74) is 2.51. The van der Waals surface area contributed by atoms with E-state index in [9.17, 15) is 4.79 Å². The fourth-order valence-electron chi connectivity index (χ4n) is 3.00. The van der Waals surface area contributed by atoms with Gasteiger partial charge < -0.3 is 15.4 Å². The fourth-order valence-corrected chi connectivity index (χ4v) is 3.00. The zero-order valence-corrected chi connectivity index (χ0v) is 15.0. The van der Waals surface area contributed by atoms with Gasteiger partial charge in [-0.05, 0) is 17.5 Å². The maximum absolute atomic E-state index is 12.3. The second-order valence-electron chi connectivity index (χ2n) is 6.11. The number of hydrogen-bond donors (Lipinski definition) is 2. The molecule has 1 saturated heterocycles. The number of carbonyl (C=O) groups excluding carboxylic acids is 1. The van der Waals surface area contributed by atoms with Gasteiger partial charge in [-0.1, -0.05) is 60.7 Å². The molecule has 1 aliphatic rings. The molecule has 0 saturated carbocycles. The Balaban J connectivity index is 0.00000225. The van der Waals surface area contributed by atoms with Crippen LogP contribution in [-0.4, -0.2) is 38.3 Å². The topological polar surface area (TPSA) is 50.4 Å². The van der Waals surface area contributed by atoms with E-state index in [2.05, 4.69) is 47.0 Å². The third-order valence-corrected chi connectivity index (χ3v) is 4.34. The quantitative estimate of drug-likeness (QED) is 0.832. The van der Waals surface area contributed by atoms with Crippen LogP contribution in [0, 0.1) is 0 Å². The highest BCUT2D eigenvalue weighted by Gasteiger charge is 2.22. The molecule has 0 radical (unpaired) electrons. The predicted molar refractivity (Wildman–Crippen MR) is 102 cm³/mol. The smallest absolute Gasteiger partial charge is 0.250 e. The van der Waals surface area contributed by atoms with E-state index in [1.165, 1.54) is 11.1 Å². The molecule has 3 rings (SSSR count). The van der Waals surface area contributed by atoms with Crippen LogP contribution in [0.2, 0.25) is 0 Å². The van der Waals surface area contributed by atoms with Gasteiger partial charge in [-0.25, -0.2) is 0 Å². The van der Waals surface area contributed by atoms with Gasteiger partial charge in [0.2, 0.25) is 5.91 Å². The van der Waals surface area contributed by atoms with Crippen molar-refractivity contribution in [2.24, 2.45) is 0 Å². The summed E-state index contributed by atoms with van der Waals surface area (Å²) in [7, 11) is 0. The zero-order valence-electron chi connectivity index (χ0n) is 14.2. The first-order valence-electron chi connectivity index (χ1n) is 8.52. The van der Waals surface area contributed by atoms with Crippen molar-refractivity contribution in [3.63, 3.8) is 0 Å². The van der Waals surface area contributed by atoms with Crippen molar-refractivity contribution in [1.82, 2.24) is 10.6 Å². The predicted octanol–water partition coefficient (Wildman–Crippen LogP) is 2.54. The van der Waals surface area contributed by atoms with E-state index >= 15 is 0 Å². The third-order valence-electron chi connectivity index (χ3n) is 4.34. The van der Waals surface area contributed by atoms with Crippen LogP contribution in [0.3, 0.4) is 0 Å². The zero-order chi connectivity index (χ0) is 16.6. The third kappa shape index (κ3) is 5.85. The van der Waals surface area contributed by atoms with E-state index in [0.717, 1.165) is 13.0 Å². The molecule has 0 bridgehead atoms. The molecule has 2 aromatic carbocycles. The second kappa shape index (κ2) is 10.2. The van der Waals surface area contributed by atoms with Crippen molar-refractivity contribution in [1.29, 1.82) is 0 Å². The molecule has 2 unspecified atom stereocenters. The molecule has 5 heteroatoms. The molecular formula is C20H25ClN2O2. The SMILES string of the molecule is Cl.O=C(NCC(Cc1ccccc1)c1ccccc1)C1CNCCO1. The van der Waals surface area contributed by atoms with E-state index in [1.54, 1.807) is 0 Å². The van der Waals surface area contributed by atoms with Crippen molar-refractivity contribution < 1.29 is 9.53 Å². The largest absolute Gasteiger partial charge is 0.366 e. The minimum absolute atomic E-state index is 0.